The molecule has 9 nitrogen and oxygen atoms in total. The van der Waals surface area contributed by atoms with Crippen molar-refractivity contribution in [1.82, 2.24) is 30.8 Å². The molecule has 32 heavy (non-hydrogen) atoms. The van der Waals surface area contributed by atoms with Gasteiger partial charge < -0.3 is 20.1 Å². The summed E-state index contributed by atoms with van der Waals surface area (Å²) in [6.07, 6.45) is 2.67. The maximum atomic E-state index is 13.5. The van der Waals surface area contributed by atoms with E-state index in [1.165, 1.54) is 25.6 Å². The van der Waals surface area contributed by atoms with E-state index in [0.717, 1.165) is 35.4 Å². The van der Waals surface area contributed by atoms with Crippen LogP contribution in [-0.4, -0.2) is 52.6 Å². The summed E-state index contributed by atoms with van der Waals surface area (Å²) < 4.78 is 25.4. The zero-order valence-corrected chi connectivity index (χ0v) is 17.9. The van der Waals surface area contributed by atoms with Crippen molar-refractivity contribution >= 4 is 6.09 Å². The number of benzene rings is 2. The van der Waals surface area contributed by atoms with Gasteiger partial charge >= 0.3 is 6.09 Å². The van der Waals surface area contributed by atoms with Crippen LogP contribution in [0.3, 0.4) is 0 Å². The van der Waals surface area contributed by atoms with Crippen molar-refractivity contribution in [2.75, 3.05) is 14.2 Å². The summed E-state index contributed by atoms with van der Waals surface area (Å²) in [6, 6.07) is 12.1. The molecule has 1 heterocycles. The van der Waals surface area contributed by atoms with E-state index in [4.69, 9.17) is 9.47 Å². The second-order valence-corrected chi connectivity index (χ2v) is 7.64. The molecule has 1 amide bonds. The molecule has 0 saturated heterocycles. The van der Waals surface area contributed by atoms with Crippen molar-refractivity contribution in [3.8, 4) is 11.4 Å². The summed E-state index contributed by atoms with van der Waals surface area (Å²) in [4.78, 5) is 11.9. The molecule has 0 aliphatic heterocycles. The first-order chi connectivity index (χ1) is 15.6. The Bertz CT molecular complexity index is 1040. The quantitative estimate of drug-likeness (QED) is 0.582. The van der Waals surface area contributed by atoms with Gasteiger partial charge in [-0.3, -0.25) is 0 Å². The number of rotatable bonds is 7. The SMILES string of the molecule is COC(=O)N[C@H]1CC[C@H](NCc2cc(-n3cnnn3)ccc2OC)[C@@H]1c1ccc(F)cc1. The molecule has 4 rings (SSSR count). The lowest BCUT2D eigenvalue weighted by Gasteiger charge is -2.27. The van der Waals surface area contributed by atoms with Crippen LogP contribution in [0.1, 0.15) is 29.9 Å². The molecule has 3 atom stereocenters. The van der Waals surface area contributed by atoms with Gasteiger partial charge in [0.1, 0.15) is 17.9 Å². The van der Waals surface area contributed by atoms with Gasteiger partial charge in [-0.2, -0.15) is 0 Å². The molecule has 1 aliphatic carbocycles. The molecule has 0 unspecified atom stereocenters. The molecule has 0 spiro atoms. The van der Waals surface area contributed by atoms with Crippen molar-refractivity contribution in [3.05, 3.63) is 65.7 Å². The highest BCUT2D eigenvalue weighted by molar-refractivity contribution is 5.67. The largest absolute Gasteiger partial charge is 0.496 e. The molecule has 10 heteroatoms. The van der Waals surface area contributed by atoms with Crippen molar-refractivity contribution in [3.63, 3.8) is 0 Å². The molecule has 3 aromatic rings. The third-order valence-electron chi connectivity index (χ3n) is 5.83. The Kier molecular flexibility index (Phi) is 6.60. The van der Waals surface area contributed by atoms with E-state index in [1.807, 2.05) is 18.2 Å². The highest BCUT2D eigenvalue weighted by Crippen LogP contribution is 2.36. The average Bonchev–Trinajstić information content (AvgIpc) is 3.48. The third-order valence-corrected chi connectivity index (χ3v) is 5.83. The number of ether oxygens (including phenoxy) is 2. The summed E-state index contributed by atoms with van der Waals surface area (Å²) in [5.74, 6) is 0.413. The number of amides is 1. The summed E-state index contributed by atoms with van der Waals surface area (Å²) >= 11 is 0. The number of alkyl carbamates (subject to hydrolysis) is 1. The van der Waals surface area contributed by atoms with Crippen LogP contribution in [0.25, 0.3) is 5.69 Å². The number of nitrogens with zero attached hydrogens (tertiary/aromatic N) is 4. The molecule has 2 aromatic carbocycles. The number of nitrogens with one attached hydrogen (secondary N) is 2. The first-order valence-corrected chi connectivity index (χ1v) is 10.3. The molecule has 0 bridgehead atoms. The van der Waals surface area contributed by atoms with Gasteiger partial charge in [-0.15, -0.1) is 5.10 Å². The molecule has 0 radical (unpaired) electrons. The predicted molar refractivity (Wildman–Crippen MR) is 114 cm³/mol. The van der Waals surface area contributed by atoms with Crippen molar-refractivity contribution < 1.29 is 18.7 Å². The Hall–Kier alpha value is -3.53. The number of hydrogen-bond donors (Lipinski definition) is 2. The van der Waals surface area contributed by atoms with E-state index in [0.29, 0.717) is 6.54 Å². The topological polar surface area (TPSA) is 103 Å². The number of tetrazole rings is 1. The third kappa shape index (κ3) is 4.70. The highest BCUT2D eigenvalue weighted by Gasteiger charge is 2.38. The van der Waals surface area contributed by atoms with Crippen molar-refractivity contribution in [2.24, 2.45) is 0 Å². The molecular weight excluding hydrogens is 415 g/mol. The van der Waals surface area contributed by atoms with E-state index in [-0.39, 0.29) is 23.8 Å². The van der Waals surface area contributed by atoms with E-state index >= 15 is 0 Å². The summed E-state index contributed by atoms with van der Waals surface area (Å²) in [7, 11) is 2.97. The van der Waals surface area contributed by atoms with Crippen LogP contribution in [0.15, 0.2) is 48.8 Å². The zero-order valence-electron chi connectivity index (χ0n) is 17.9. The fourth-order valence-electron chi connectivity index (χ4n) is 4.32. The van der Waals surface area contributed by atoms with Crippen LogP contribution in [0.4, 0.5) is 9.18 Å². The second-order valence-electron chi connectivity index (χ2n) is 7.64. The maximum absolute atomic E-state index is 13.5. The number of methoxy groups -OCH3 is 2. The minimum atomic E-state index is -0.474. The second kappa shape index (κ2) is 9.73. The summed E-state index contributed by atoms with van der Waals surface area (Å²) in [5.41, 5.74) is 2.72. The molecular formula is C22H25FN6O3. The lowest BCUT2D eigenvalue weighted by Crippen LogP contribution is -2.41. The number of hydrogen-bond acceptors (Lipinski definition) is 7. The van der Waals surface area contributed by atoms with Gasteiger partial charge in [0.2, 0.25) is 0 Å². The Labute approximate surface area is 184 Å². The van der Waals surface area contributed by atoms with Crippen LogP contribution in [0.2, 0.25) is 0 Å². The summed E-state index contributed by atoms with van der Waals surface area (Å²) in [5, 5.41) is 17.8. The standard InChI is InChI=1S/C22H25FN6O3/c1-31-20-10-7-17(29-13-25-27-28-29)11-15(20)12-24-18-8-9-19(26-22(30)32-2)21(18)14-3-5-16(23)6-4-14/h3-7,10-11,13,18-19,21,24H,8-9,12H2,1-2H3,(H,26,30)/t18-,19-,21-/m0/s1. The number of carbonyl (C=O) groups excluding carboxylic acids is 1. The Balaban J connectivity index is 1.55. The van der Waals surface area contributed by atoms with Crippen molar-refractivity contribution in [2.45, 2.75) is 37.4 Å². The lowest BCUT2D eigenvalue weighted by molar-refractivity contribution is 0.165. The molecule has 1 fully saturated rings. The monoisotopic (exact) mass is 440 g/mol. The van der Waals surface area contributed by atoms with Crippen molar-refractivity contribution in [1.29, 1.82) is 0 Å². The fraction of sp³-hybridized carbons (Fsp3) is 0.364. The van der Waals surface area contributed by atoms with Gasteiger partial charge in [-0.05, 0) is 59.2 Å². The van der Waals surface area contributed by atoms with E-state index in [1.54, 1.807) is 23.9 Å². The first-order valence-electron chi connectivity index (χ1n) is 10.3. The van der Waals surface area contributed by atoms with Crippen LogP contribution in [0, 0.1) is 5.82 Å². The Morgan fingerprint density at radius 3 is 2.62 bits per heavy atom. The minimum Gasteiger partial charge on any atom is -0.496 e. The number of aromatic nitrogens is 4. The van der Waals surface area contributed by atoms with Gasteiger partial charge in [-0.1, -0.05) is 12.1 Å². The normalized spacial score (nSPS) is 20.2. The number of carbonyl (C=O) groups is 1. The van der Waals surface area contributed by atoms with Crippen LogP contribution in [-0.2, 0) is 11.3 Å². The van der Waals surface area contributed by atoms with E-state index < -0.39 is 6.09 Å². The first kappa shape index (κ1) is 21.7. The zero-order chi connectivity index (χ0) is 22.5. The Morgan fingerprint density at radius 1 is 1.16 bits per heavy atom. The van der Waals surface area contributed by atoms with Crippen LogP contribution < -0.4 is 15.4 Å². The highest BCUT2D eigenvalue weighted by atomic mass is 19.1. The molecule has 1 aliphatic rings. The molecule has 1 aromatic heterocycles. The molecule has 1 saturated carbocycles. The van der Waals surface area contributed by atoms with E-state index in [9.17, 15) is 9.18 Å². The van der Waals surface area contributed by atoms with Gasteiger partial charge in [0.25, 0.3) is 0 Å². The van der Waals surface area contributed by atoms with Crippen LogP contribution >= 0.6 is 0 Å². The predicted octanol–water partition coefficient (Wildman–Crippen LogP) is 2.57. The van der Waals surface area contributed by atoms with E-state index in [2.05, 4.69) is 26.2 Å². The number of halogens is 1. The van der Waals surface area contributed by atoms with Crippen LogP contribution in [0.5, 0.6) is 5.75 Å². The molecule has 168 valence electrons. The smallest absolute Gasteiger partial charge is 0.407 e. The summed E-state index contributed by atoms with van der Waals surface area (Å²) in [6.45, 7) is 0.534. The lowest BCUT2D eigenvalue weighted by atomic mass is 9.90. The van der Waals surface area contributed by atoms with Gasteiger partial charge in [0.05, 0.1) is 19.9 Å². The fourth-order valence-corrected chi connectivity index (χ4v) is 4.32. The average molecular weight is 440 g/mol. The minimum absolute atomic E-state index is 0.0385. The molecule has 2 N–H and O–H groups in total. The van der Waals surface area contributed by atoms with Gasteiger partial charge in [0, 0.05) is 30.1 Å². The van der Waals surface area contributed by atoms with Gasteiger partial charge in [-0.25, -0.2) is 13.9 Å². The maximum Gasteiger partial charge on any atom is 0.407 e. The Morgan fingerprint density at radius 2 is 1.94 bits per heavy atom. The van der Waals surface area contributed by atoms with Gasteiger partial charge in [0.15, 0.2) is 0 Å².